The van der Waals surface area contributed by atoms with Gasteiger partial charge < -0.3 is 14.2 Å². The van der Waals surface area contributed by atoms with E-state index in [1.165, 1.54) is 0 Å². The maximum absolute atomic E-state index is 6.02. The molecule has 2 heterocycles. The van der Waals surface area contributed by atoms with E-state index in [1.807, 2.05) is 30.3 Å². The van der Waals surface area contributed by atoms with Crippen molar-refractivity contribution in [1.29, 1.82) is 0 Å². The second-order valence-electron chi connectivity index (χ2n) is 4.77. The average molecular weight is 290 g/mol. The zero-order chi connectivity index (χ0) is 13.9. The van der Waals surface area contributed by atoms with Crippen LogP contribution < -0.4 is 5.32 Å². The van der Waals surface area contributed by atoms with E-state index in [1.54, 1.807) is 12.5 Å². The normalized spacial score (nSPS) is 12.9. The van der Waals surface area contributed by atoms with E-state index in [9.17, 15) is 0 Å². The molecule has 0 aliphatic carbocycles. The fourth-order valence-corrected chi connectivity index (χ4v) is 2.47. The summed E-state index contributed by atoms with van der Waals surface area (Å²) in [6, 6.07) is 9.63. The molecule has 1 N–H and O–H groups in total. The van der Waals surface area contributed by atoms with Gasteiger partial charge >= 0.3 is 0 Å². The van der Waals surface area contributed by atoms with Crippen LogP contribution in [0, 0.1) is 0 Å². The molecule has 0 aliphatic rings. The third-order valence-corrected chi connectivity index (χ3v) is 3.49. The van der Waals surface area contributed by atoms with Gasteiger partial charge in [-0.1, -0.05) is 18.5 Å². The zero-order valence-electron chi connectivity index (χ0n) is 11.2. The van der Waals surface area contributed by atoms with Crippen LogP contribution in [0.3, 0.4) is 0 Å². The molecule has 0 bridgehead atoms. The number of furan rings is 2. The average Bonchev–Trinajstić information content (AvgIpc) is 3.08. The molecule has 1 aromatic carbocycles. The first-order valence-electron chi connectivity index (χ1n) is 6.72. The Hall–Kier alpha value is -1.71. The van der Waals surface area contributed by atoms with Crippen molar-refractivity contribution in [2.24, 2.45) is 0 Å². The number of fused-ring (bicyclic) bond motifs is 1. The molecule has 0 saturated heterocycles. The van der Waals surface area contributed by atoms with Crippen molar-refractivity contribution in [3.8, 4) is 0 Å². The molecule has 3 rings (SSSR count). The molecule has 20 heavy (non-hydrogen) atoms. The summed E-state index contributed by atoms with van der Waals surface area (Å²) in [5.41, 5.74) is 1.90. The highest BCUT2D eigenvalue weighted by atomic mass is 35.5. The molecule has 0 spiro atoms. The van der Waals surface area contributed by atoms with Gasteiger partial charge in [-0.15, -0.1) is 0 Å². The Morgan fingerprint density at radius 1 is 1.25 bits per heavy atom. The number of hydrogen-bond acceptors (Lipinski definition) is 3. The lowest BCUT2D eigenvalue weighted by molar-refractivity contribution is 0.465. The van der Waals surface area contributed by atoms with Crippen LogP contribution in [0.2, 0.25) is 5.02 Å². The van der Waals surface area contributed by atoms with Gasteiger partial charge in [-0.3, -0.25) is 0 Å². The van der Waals surface area contributed by atoms with Gasteiger partial charge in [-0.05, 0) is 43.3 Å². The number of benzene rings is 1. The molecule has 1 unspecified atom stereocenters. The maximum atomic E-state index is 6.02. The Morgan fingerprint density at radius 3 is 2.90 bits per heavy atom. The Morgan fingerprint density at radius 2 is 2.15 bits per heavy atom. The van der Waals surface area contributed by atoms with Crippen molar-refractivity contribution in [2.75, 3.05) is 6.54 Å². The molecule has 3 aromatic rings. The lowest BCUT2D eigenvalue weighted by atomic mass is 10.1. The molecule has 1 atom stereocenters. The Balaban J connectivity index is 1.99. The largest absolute Gasteiger partial charge is 0.472 e. The summed E-state index contributed by atoms with van der Waals surface area (Å²) in [5.74, 6) is 0.872. The molecular weight excluding hydrogens is 274 g/mol. The topological polar surface area (TPSA) is 38.3 Å². The van der Waals surface area contributed by atoms with Gasteiger partial charge in [0, 0.05) is 16.0 Å². The van der Waals surface area contributed by atoms with Crippen LogP contribution in [0.4, 0.5) is 0 Å². The maximum Gasteiger partial charge on any atom is 0.134 e. The van der Waals surface area contributed by atoms with E-state index >= 15 is 0 Å². The van der Waals surface area contributed by atoms with Crippen LogP contribution in [-0.2, 0) is 0 Å². The van der Waals surface area contributed by atoms with Crippen LogP contribution in [0.15, 0.2) is 51.7 Å². The minimum absolute atomic E-state index is 0.000115. The number of hydrogen-bond donors (Lipinski definition) is 1. The predicted molar refractivity (Wildman–Crippen MR) is 80.1 cm³/mol. The Kier molecular flexibility index (Phi) is 3.81. The molecule has 104 valence electrons. The van der Waals surface area contributed by atoms with Crippen molar-refractivity contribution < 1.29 is 8.83 Å². The first-order valence-corrected chi connectivity index (χ1v) is 7.10. The van der Waals surface area contributed by atoms with Gasteiger partial charge in [0.2, 0.25) is 0 Å². The molecule has 0 radical (unpaired) electrons. The third-order valence-electron chi connectivity index (χ3n) is 3.26. The van der Waals surface area contributed by atoms with Crippen molar-refractivity contribution in [3.63, 3.8) is 0 Å². The molecule has 2 aromatic heterocycles. The van der Waals surface area contributed by atoms with Crippen LogP contribution >= 0.6 is 11.6 Å². The van der Waals surface area contributed by atoms with Gasteiger partial charge in [0.25, 0.3) is 0 Å². The van der Waals surface area contributed by atoms with Crippen molar-refractivity contribution in [2.45, 2.75) is 19.4 Å². The second kappa shape index (κ2) is 5.73. The van der Waals surface area contributed by atoms with Crippen LogP contribution in [0.25, 0.3) is 11.0 Å². The van der Waals surface area contributed by atoms with Crippen molar-refractivity contribution >= 4 is 22.6 Å². The van der Waals surface area contributed by atoms with Crippen molar-refractivity contribution in [3.05, 3.63) is 59.2 Å². The van der Waals surface area contributed by atoms with E-state index in [4.69, 9.17) is 20.4 Å². The summed E-state index contributed by atoms with van der Waals surface area (Å²) in [4.78, 5) is 0. The molecule has 0 aliphatic heterocycles. The smallest absolute Gasteiger partial charge is 0.134 e. The number of rotatable bonds is 5. The van der Waals surface area contributed by atoms with Crippen LogP contribution in [0.5, 0.6) is 0 Å². The first kappa shape index (κ1) is 13.3. The van der Waals surface area contributed by atoms with Crippen molar-refractivity contribution in [1.82, 2.24) is 5.32 Å². The fourth-order valence-electron chi connectivity index (χ4n) is 2.29. The van der Waals surface area contributed by atoms with E-state index in [0.29, 0.717) is 5.02 Å². The summed E-state index contributed by atoms with van der Waals surface area (Å²) in [5, 5.41) is 5.20. The number of nitrogens with one attached hydrogen (secondary N) is 1. The summed E-state index contributed by atoms with van der Waals surface area (Å²) in [6.45, 7) is 3.05. The zero-order valence-corrected chi connectivity index (χ0v) is 12.0. The second-order valence-corrected chi connectivity index (χ2v) is 5.21. The lowest BCUT2D eigenvalue weighted by Crippen LogP contribution is -2.22. The van der Waals surface area contributed by atoms with E-state index in [-0.39, 0.29) is 6.04 Å². The Bertz CT molecular complexity index is 688. The quantitative estimate of drug-likeness (QED) is 0.735. The minimum atomic E-state index is -0.000115. The monoisotopic (exact) mass is 289 g/mol. The van der Waals surface area contributed by atoms with E-state index in [2.05, 4.69) is 12.2 Å². The van der Waals surface area contributed by atoms with Crippen LogP contribution in [-0.4, -0.2) is 6.54 Å². The standard InChI is InChI=1S/C16H16ClNO2/c1-2-6-18-16(11-5-7-19-10-11)15-9-12-8-13(17)3-4-14(12)20-15/h3-5,7-10,16,18H,2,6H2,1H3. The molecular formula is C16H16ClNO2. The van der Waals surface area contributed by atoms with Crippen LogP contribution in [0.1, 0.15) is 30.7 Å². The molecule has 0 saturated carbocycles. The van der Waals surface area contributed by atoms with Gasteiger partial charge in [0.1, 0.15) is 11.3 Å². The molecule has 0 amide bonds. The predicted octanol–water partition coefficient (Wildman–Crippen LogP) is 4.77. The SMILES string of the molecule is CCCNC(c1ccoc1)c1cc2cc(Cl)ccc2o1. The first-order chi connectivity index (χ1) is 9.78. The molecule has 4 heteroatoms. The third kappa shape index (κ3) is 2.60. The van der Waals surface area contributed by atoms with Gasteiger partial charge in [0.05, 0.1) is 18.6 Å². The summed E-state index contributed by atoms with van der Waals surface area (Å²) < 4.78 is 11.1. The highest BCUT2D eigenvalue weighted by molar-refractivity contribution is 6.31. The number of halogens is 1. The van der Waals surface area contributed by atoms with Gasteiger partial charge in [-0.2, -0.15) is 0 Å². The van der Waals surface area contributed by atoms with Gasteiger partial charge in [-0.25, -0.2) is 0 Å². The van der Waals surface area contributed by atoms with Gasteiger partial charge in [0.15, 0.2) is 0 Å². The lowest BCUT2D eigenvalue weighted by Gasteiger charge is -2.14. The minimum Gasteiger partial charge on any atom is -0.472 e. The summed E-state index contributed by atoms with van der Waals surface area (Å²) >= 11 is 6.02. The molecule has 3 nitrogen and oxygen atoms in total. The Labute approximate surface area is 122 Å². The molecule has 0 fully saturated rings. The van der Waals surface area contributed by atoms with E-state index < -0.39 is 0 Å². The van der Waals surface area contributed by atoms with E-state index in [0.717, 1.165) is 35.3 Å². The fraction of sp³-hybridized carbons (Fsp3) is 0.250. The highest BCUT2D eigenvalue weighted by Crippen LogP contribution is 2.30. The summed E-state index contributed by atoms with van der Waals surface area (Å²) in [7, 11) is 0. The summed E-state index contributed by atoms with van der Waals surface area (Å²) in [6.07, 6.45) is 4.48. The highest BCUT2D eigenvalue weighted by Gasteiger charge is 2.19.